The number of halogens is 2. The lowest BCUT2D eigenvalue weighted by atomic mass is 10.3. The third kappa shape index (κ3) is 8.96. The van der Waals surface area contributed by atoms with Gasteiger partial charge in [-0.1, -0.05) is 29.8 Å². The Morgan fingerprint density at radius 1 is 1.11 bits per heavy atom. The second-order valence-electron chi connectivity index (χ2n) is 5.60. The van der Waals surface area contributed by atoms with E-state index in [2.05, 4.69) is 20.9 Å². The monoisotopic (exact) mass is 502 g/mol. The molecule has 0 aliphatic carbocycles. The highest BCUT2D eigenvalue weighted by Crippen LogP contribution is 2.16. The van der Waals surface area contributed by atoms with Crippen molar-refractivity contribution in [2.45, 2.75) is 13.0 Å². The smallest absolute Gasteiger partial charge is 0.243 e. The largest absolute Gasteiger partial charge is 0.489 e. The van der Waals surface area contributed by atoms with E-state index < -0.39 is 0 Å². The zero-order valence-corrected chi connectivity index (χ0v) is 18.3. The van der Waals surface area contributed by atoms with Crippen LogP contribution >= 0.6 is 35.6 Å². The van der Waals surface area contributed by atoms with Crippen LogP contribution in [0.3, 0.4) is 0 Å². The molecule has 0 saturated carbocycles. The third-order valence-corrected chi connectivity index (χ3v) is 3.66. The van der Waals surface area contributed by atoms with Gasteiger partial charge >= 0.3 is 0 Å². The Hall–Kier alpha value is -2.00. The van der Waals surface area contributed by atoms with Crippen molar-refractivity contribution in [3.8, 4) is 5.75 Å². The van der Waals surface area contributed by atoms with Crippen LogP contribution in [-0.4, -0.2) is 38.1 Å². The molecule has 1 unspecified atom stereocenters. The van der Waals surface area contributed by atoms with E-state index in [0.29, 0.717) is 17.5 Å². The lowest BCUT2D eigenvalue weighted by Gasteiger charge is -2.17. The molecule has 0 fully saturated rings. The van der Waals surface area contributed by atoms with Gasteiger partial charge in [-0.25, -0.2) is 0 Å². The summed E-state index contributed by atoms with van der Waals surface area (Å²) in [6.07, 6.45) is -0.0899. The van der Waals surface area contributed by atoms with E-state index in [9.17, 15) is 4.79 Å². The normalized spacial score (nSPS) is 11.7. The van der Waals surface area contributed by atoms with Gasteiger partial charge in [0, 0.05) is 17.8 Å². The van der Waals surface area contributed by atoms with Crippen LogP contribution in [0.5, 0.6) is 5.75 Å². The van der Waals surface area contributed by atoms with Crippen molar-refractivity contribution in [2.75, 3.05) is 25.5 Å². The molecule has 0 bridgehead atoms. The Kier molecular flexibility index (Phi) is 10.6. The van der Waals surface area contributed by atoms with Crippen LogP contribution in [0.4, 0.5) is 5.69 Å². The lowest BCUT2D eigenvalue weighted by molar-refractivity contribution is -0.115. The van der Waals surface area contributed by atoms with Crippen LogP contribution in [0.2, 0.25) is 5.02 Å². The molecule has 1 amide bonds. The number of rotatable bonds is 7. The summed E-state index contributed by atoms with van der Waals surface area (Å²) in [7, 11) is 1.65. The SMILES string of the molecule is CN=C(NCC(=O)Nc1ccccc1)NCC(C)Oc1ccc(Cl)cc1.I. The first kappa shape index (κ1) is 23.0. The number of hydrogen-bond donors (Lipinski definition) is 3. The van der Waals surface area contributed by atoms with Crippen molar-refractivity contribution in [3.05, 3.63) is 59.6 Å². The number of para-hydroxylation sites is 1. The molecule has 0 saturated heterocycles. The van der Waals surface area contributed by atoms with E-state index in [1.165, 1.54) is 0 Å². The Balaban J connectivity index is 0.00000364. The fourth-order valence-corrected chi connectivity index (χ4v) is 2.26. The van der Waals surface area contributed by atoms with Gasteiger partial charge in [-0.15, -0.1) is 24.0 Å². The van der Waals surface area contributed by atoms with E-state index in [1.807, 2.05) is 49.4 Å². The zero-order valence-electron chi connectivity index (χ0n) is 15.2. The number of carbonyl (C=O) groups excluding carboxylic acids is 1. The minimum Gasteiger partial charge on any atom is -0.489 e. The first-order valence-electron chi connectivity index (χ1n) is 8.28. The summed E-state index contributed by atoms with van der Waals surface area (Å²) >= 11 is 5.86. The Morgan fingerprint density at radius 3 is 2.41 bits per heavy atom. The Labute approximate surface area is 181 Å². The van der Waals surface area contributed by atoms with Crippen LogP contribution in [0.25, 0.3) is 0 Å². The van der Waals surface area contributed by atoms with Crippen molar-refractivity contribution in [2.24, 2.45) is 4.99 Å². The summed E-state index contributed by atoms with van der Waals surface area (Å²) in [4.78, 5) is 16.0. The van der Waals surface area contributed by atoms with E-state index in [-0.39, 0.29) is 42.5 Å². The first-order valence-corrected chi connectivity index (χ1v) is 8.66. The van der Waals surface area contributed by atoms with Gasteiger partial charge in [0.2, 0.25) is 5.91 Å². The highest BCUT2D eigenvalue weighted by molar-refractivity contribution is 14.0. The average Bonchev–Trinajstić information content (AvgIpc) is 2.64. The summed E-state index contributed by atoms with van der Waals surface area (Å²) in [5.74, 6) is 1.12. The number of aliphatic imine (C=N–C) groups is 1. The van der Waals surface area contributed by atoms with Crippen molar-refractivity contribution in [3.63, 3.8) is 0 Å². The molecule has 2 rings (SSSR count). The fourth-order valence-electron chi connectivity index (χ4n) is 2.14. The molecule has 0 aliphatic rings. The number of ether oxygens (including phenoxy) is 1. The Morgan fingerprint density at radius 2 is 1.78 bits per heavy atom. The minimum absolute atomic E-state index is 0. The van der Waals surface area contributed by atoms with Gasteiger partial charge in [0.1, 0.15) is 11.9 Å². The van der Waals surface area contributed by atoms with Gasteiger partial charge in [-0.2, -0.15) is 0 Å². The third-order valence-electron chi connectivity index (χ3n) is 3.41. The number of nitrogens with one attached hydrogen (secondary N) is 3. The number of amides is 1. The van der Waals surface area contributed by atoms with Crippen LogP contribution in [0.15, 0.2) is 59.6 Å². The predicted octanol–water partition coefficient (Wildman–Crippen LogP) is 3.53. The molecule has 2 aromatic rings. The molecule has 2 aromatic carbocycles. The molecular formula is C19H24ClIN4O2. The maximum atomic E-state index is 11.9. The van der Waals surface area contributed by atoms with Gasteiger partial charge < -0.3 is 20.7 Å². The topological polar surface area (TPSA) is 74.8 Å². The second-order valence-corrected chi connectivity index (χ2v) is 6.04. The molecule has 0 spiro atoms. The zero-order chi connectivity index (χ0) is 18.8. The van der Waals surface area contributed by atoms with E-state index in [0.717, 1.165) is 11.4 Å². The van der Waals surface area contributed by atoms with Gasteiger partial charge in [-0.3, -0.25) is 9.79 Å². The predicted molar refractivity (Wildman–Crippen MR) is 121 cm³/mol. The molecule has 146 valence electrons. The van der Waals surface area contributed by atoms with Crippen molar-refractivity contribution in [1.82, 2.24) is 10.6 Å². The molecule has 3 N–H and O–H groups in total. The first-order chi connectivity index (χ1) is 12.6. The van der Waals surface area contributed by atoms with Crippen LogP contribution in [0, 0.1) is 0 Å². The lowest BCUT2D eigenvalue weighted by Crippen LogP contribution is -2.44. The number of guanidine groups is 1. The highest BCUT2D eigenvalue weighted by atomic mass is 127. The summed E-state index contributed by atoms with van der Waals surface area (Å²) < 4.78 is 5.79. The second kappa shape index (κ2) is 12.4. The van der Waals surface area contributed by atoms with Crippen LogP contribution < -0.4 is 20.7 Å². The van der Waals surface area contributed by atoms with E-state index >= 15 is 0 Å². The van der Waals surface area contributed by atoms with Crippen molar-refractivity contribution in [1.29, 1.82) is 0 Å². The molecule has 0 radical (unpaired) electrons. The molecule has 8 heteroatoms. The number of hydrogen-bond acceptors (Lipinski definition) is 3. The summed E-state index contributed by atoms with van der Waals surface area (Å²) in [5.41, 5.74) is 0.757. The van der Waals surface area contributed by atoms with Gasteiger partial charge in [0.25, 0.3) is 0 Å². The van der Waals surface area contributed by atoms with Crippen molar-refractivity contribution < 1.29 is 9.53 Å². The molecular weight excluding hydrogens is 479 g/mol. The molecule has 1 atom stereocenters. The van der Waals surface area contributed by atoms with Crippen LogP contribution in [-0.2, 0) is 4.79 Å². The summed E-state index contributed by atoms with van der Waals surface area (Å²) in [6, 6.07) is 16.5. The highest BCUT2D eigenvalue weighted by Gasteiger charge is 2.07. The minimum atomic E-state index is -0.149. The van der Waals surface area contributed by atoms with Crippen LogP contribution in [0.1, 0.15) is 6.92 Å². The van der Waals surface area contributed by atoms with E-state index in [1.54, 1.807) is 19.2 Å². The Bertz CT molecular complexity index is 726. The molecule has 0 aromatic heterocycles. The standard InChI is InChI=1S/C19H23ClN4O2.HI/c1-14(26-17-10-8-15(20)9-11-17)12-22-19(21-2)23-13-18(25)24-16-6-4-3-5-7-16;/h3-11,14H,12-13H2,1-2H3,(H,24,25)(H2,21,22,23);1H. The number of carbonyl (C=O) groups is 1. The number of nitrogens with zero attached hydrogens (tertiary/aromatic N) is 1. The maximum absolute atomic E-state index is 11.9. The molecule has 27 heavy (non-hydrogen) atoms. The summed E-state index contributed by atoms with van der Waals surface area (Å²) in [6.45, 7) is 2.58. The average molecular weight is 503 g/mol. The maximum Gasteiger partial charge on any atom is 0.243 e. The summed E-state index contributed by atoms with van der Waals surface area (Å²) in [5, 5.41) is 9.57. The number of benzene rings is 2. The quantitative estimate of drug-likeness (QED) is 0.308. The molecule has 0 heterocycles. The molecule has 6 nitrogen and oxygen atoms in total. The molecule has 0 aliphatic heterocycles. The fraction of sp³-hybridized carbons (Fsp3) is 0.263. The van der Waals surface area contributed by atoms with E-state index in [4.69, 9.17) is 16.3 Å². The van der Waals surface area contributed by atoms with Gasteiger partial charge in [0.05, 0.1) is 13.1 Å². The van der Waals surface area contributed by atoms with Crippen molar-refractivity contribution >= 4 is 53.1 Å². The van der Waals surface area contributed by atoms with Gasteiger partial charge in [0.15, 0.2) is 5.96 Å². The number of anilines is 1. The van der Waals surface area contributed by atoms with Gasteiger partial charge in [-0.05, 0) is 43.3 Å².